The molecule has 0 fully saturated rings. The number of anilines is 1. The number of ether oxygens (including phenoxy) is 3. The van der Waals surface area contributed by atoms with Crippen LogP contribution in [0, 0.1) is 0 Å². The first-order chi connectivity index (χ1) is 26.1. The van der Waals surface area contributed by atoms with E-state index in [4.69, 9.17) is 19.2 Å². The van der Waals surface area contributed by atoms with Crippen LogP contribution in [0.3, 0.4) is 0 Å². The van der Waals surface area contributed by atoms with Crippen LogP contribution in [0.4, 0.5) is 15.3 Å². The topological polar surface area (TPSA) is 149 Å². The smallest absolute Gasteiger partial charge is 0.411 e. The molecule has 54 heavy (non-hydrogen) atoms. The summed E-state index contributed by atoms with van der Waals surface area (Å²) in [5.41, 5.74) is 3.42. The number of cyclic esters (lactones) is 1. The van der Waals surface area contributed by atoms with Gasteiger partial charge in [-0.25, -0.2) is 19.4 Å². The van der Waals surface area contributed by atoms with E-state index in [1.807, 2.05) is 60.7 Å². The Morgan fingerprint density at radius 2 is 1.59 bits per heavy atom. The molecule has 0 spiro atoms. The second-order valence-electron chi connectivity index (χ2n) is 13.4. The molecule has 0 radical (unpaired) electrons. The van der Waals surface area contributed by atoms with Crippen LogP contribution in [-0.4, -0.2) is 70.6 Å². The third-order valence-electron chi connectivity index (χ3n) is 9.85. The first-order valence-corrected chi connectivity index (χ1v) is 17.6. The van der Waals surface area contributed by atoms with Crippen molar-refractivity contribution in [2.24, 2.45) is 0 Å². The van der Waals surface area contributed by atoms with Crippen LogP contribution in [-0.2, 0) is 55.6 Å². The third-order valence-corrected chi connectivity index (χ3v) is 9.85. The largest absolute Gasteiger partial charge is 0.457 e. The van der Waals surface area contributed by atoms with Crippen molar-refractivity contribution in [3.63, 3.8) is 0 Å². The van der Waals surface area contributed by atoms with E-state index in [0.29, 0.717) is 23.6 Å². The lowest BCUT2D eigenvalue weighted by molar-refractivity contribution is -0.173. The van der Waals surface area contributed by atoms with Crippen LogP contribution < -0.4 is 10.9 Å². The van der Waals surface area contributed by atoms with Gasteiger partial charge < -0.3 is 33.9 Å². The second kappa shape index (κ2) is 14.9. The number of aromatic nitrogens is 2. The summed E-state index contributed by atoms with van der Waals surface area (Å²) in [5, 5.41) is 3.81. The minimum absolute atomic E-state index is 0.000252. The predicted octanol–water partition coefficient (Wildman–Crippen LogP) is 5.61. The van der Waals surface area contributed by atoms with Crippen LogP contribution in [0.15, 0.2) is 95.8 Å². The molecule has 7 rings (SSSR count). The molecule has 5 aromatic rings. The highest BCUT2D eigenvalue weighted by atomic mass is 16.6. The van der Waals surface area contributed by atoms with Gasteiger partial charge >= 0.3 is 18.2 Å². The third kappa shape index (κ3) is 6.99. The zero-order valence-corrected chi connectivity index (χ0v) is 30.2. The van der Waals surface area contributed by atoms with Gasteiger partial charge in [-0.1, -0.05) is 67.6 Å². The quantitative estimate of drug-likeness (QED) is 0.140. The molecule has 276 valence electrons. The Morgan fingerprint density at radius 1 is 0.889 bits per heavy atom. The van der Waals surface area contributed by atoms with E-state index < -0.39 is 23.8 Å². The summed E-state index contributed by atoms with van der Waals surface area (Å²) in [4.78, 5) is 73.3. The number of hydrogen-bond acceptors (Lipinski definition) is 9. The standard InChI is InChI=1S/C41H39N5O8/c1-4-41(32-22-34-36-29(21-28-12-8-9-13-33(28)43-36)23-46(34)37(48)31(32)25-52-38(41)49)54-40(51)45(3)19-18-44(2)39(50)53-24-27-14-16-30(17-15-27)42-35(47)20-26-10-6-5-7-11-26/h5-17,21-22H,4,18-20,23-25H2,1-3H3,(H,42,47)/t41-/m0/s1. The monoisotopic (exact) mass is 729 g/mol. The van der Waals surface area contributed by atoms with Crippen molar-refractivity contribution >= 4 is 40.7 Å². The van der Waals surface area contributed by atoms with Crippen molar-refractivity contribution in [1.82, 2.24) is 19.4 Å². The van der Waals surface area contributed by atoms with E-state index in [0.717, 1.165) is 27.6 Å². The average Bonchev–Trinajstić information content (AvgIpc) is 3.54. The maximum atomic E-state index is 13.8. The molecule has 0 bridgehead atoms. The number of carbonyl (C=O) groups excluding carboxylic acids is 4. The van der Waals surface area contributed by atoms with Crippen LogP contribution in [0.1, 0.15) is 41.2 Å². The van der Waals surface area contributed by atoms with Crippen molar-refractivity contribution < 1.29 is 33.4 Å². The molecule has 2 aliphatic heterocycles. The summed E-state index contributed by atoms with van der Waals surface area (Å²) >= 11 is 0. The maximum absolute atomic E-state index is 13.8. The molecule has 1 atom stereocenters. The minimum Gasteiger partial charge on any atom is -0.457 e. The fraction of sp³-hybridized carbons (Fsp3) is 0.268. The maximum Gasteiger partial charge on any atom is 0.411 e. The zero-order chi connectivity index (χ0) is 38.0. The number of hydrogen-bond donors (Lipinski definition) is 1. The summed E-state index contributed by atoms with van der Waals surface area (Å²) < 4.78 is 18.5. The molecule has 3 aromatic carbocycles. The highest BCUT2D eigenvalue weighted by Crippen LogP contribution is 2.41. The van der Waals surface area contributed by atoms with Gasteiger partial charge in [0.2, 0.25) is 11.5 Å². The Hall–Kier alpha value is -6.50. The van der Waals surface area contributed by atoms with E-state index in [9.17, 15) is 24.0 Å². The van der Waals surface area contributed by atoms with E-state index in [1.165, 1.54) is 23.9 Å². The molecule has 2 aliphatic rings. The molecule has 1 N–H and O–H groups in total. The minimum atomic E-state index is -1.86. The van der Waals surface area contributed by atoms with Gasteiger partial charge in [0.25, 0.3) is 5.56 Å². The predicted molar refractivity (Wildman–Crippen MR) is 199 cm³/mol. The fourth-order valence-electron chi connectivity index (χ4n) is 6.72. The average molecular weight is 730 g/mol. The van der Waals surface area contributed by atoms with E-state index in [1.54, 1.807) is 41.8 Å². The molecular weight excluding hydrogens is 690 g/mol. The summed E-state index contributed by atoms with van der Waals surface area (Å²) in [6.45, 7) is 1.93. The summed E-state index contributed by atoms with van der Waals surface area (Å²) in [5.74, 6) is -0.905. The number of nitrogens with zero attached hydrogens (tertiary/aromatic N) is 4. The number of fused-ring (bicyclic) bond motifs is 5. The van der Waals surface area contributed by atoms with E-state index in [-0.39, 0.29) is 61.7 Å². The van der Waals surface area contributed by atoms with Crippen molar-refractivity contribution in [3.05, 3.63) is 129 Å². The number of likely N-dealkylation sites (N-methyl/N-ethyl adjacent to an activating group) is 2. The Balaban J connectivity index is 0.963. The number of esters is 1. The number of amides is 3. The summed E-state index contributed by atoms with van der Waals surface area (Å²) in [6.07, 6.45) is -1.16. The molecular formula is C41H39N5O8. The molecule has 2 aromatic heterocycles. The first kappa shape index (κ1) is 35.9. The fourth-order valence-corrected chi connectivity index (χ4v) is 6.72. The van der Waals surface area contributed by atoms with Crippen molar-refractivity contribution in [2.45, 2.75) is 45.1 Å². The molecule has 4 heterocycles. The molecule has 0 unspecified atom stereocenters. The number of carbonyl (C=O) groups is 4. The van der Waals surface area contributed by atoms with Gasteiger partial charge in [-0.15, -0.1) is 0 Å². The Morgan fingerprint density at radius 3 is 2.33 bits per heavy atom. The Bertz CT molecular complexity index is 2320. The Labute approximate surface area is 311 Å². The molecule has 3 amide bonds. The number of nitrogens with one attached hydrogen (secondary N) is 1. The Kier molecular flexibility index (Phi) is 9.87. The van der Waals surface area contributed by atoms with Gasteiger partial charge in [0.1, 0.15) is 13.2 Å². The second-order valence-corrected chi connectivity index (χ2v) is 13.4. The van der Waals surface area contributed by atoms with Gasteiger partial charge in [0.05, 0.1) is 35.4 Å². The zero-order valence-electron chi connectivity index (χ0n) is 30.2. The molecule has 13 heteroatoms. The first-order valence-electron chi connectivity index (χ1n) is 17.6. The molecule has 0 saturated heterocycles. The number of rotatable bonds is 10. The molecule has 0 saturated carbocycles. The summed E-state index contributed by atoms with van der Waals surface area (Å²) in [7, 11) is 3.03. The van der Waals surface area contributed by atoms with Gasteiger partial charge in [-0.2, -0.15) is 0 Å². The lowest BCUT2D eigenvalue weighted by atomic mass is 9.85. The normalized spacial score (nSPS) is 15.4. The van der Waals surface area contributed by atoms with Crippen molar-refractivity contribution in [3.8, 4) is 11.4 Å². The van der Waals surface area contributed by atoms with Crippen LogP contribution in [0.25, 0.3) is 22.3 Å². The number of pyridine rings is 2. The van der Waals surface area contributed by atoms with E-state index in [2.05, 4.69) is 5.32 Å². The van der Waals surface area contributed by atoms with Gasteiger partial charge in [0.15, 0.2) is 0 Å². The SMILES string of the molecule is CC[C@@]1(OC(=O)N(C)CCN(C)C(=O)OCc2ccc(NC(=O)Cc3ccccc3)cc2)C(=O)OCc2c1cc1n(c2=O)Cc2cc3ccccc3nc2-1. The van der Waals surface area contributed by atoms with Crippen LogP contribution >= 0.6 is 0 Å². The van der Waals surface area contributed by atoms with Crippen molar-refractivity contribution in [2.75, 3.05) is 32.5 Å². The summed E-state index contributed by atoms with van der Waals surface area (Å²) in [6, 6.07) is 27.8. The molecule has 13 nitrogen and oxygen atoms in total. The lowest BCUT2D eigenvalue weighted by Crippen LogP contribution is -2.49. The highest BCUT2D eigenvalue weighted by molar-refractivity contribution is 5.92. The highest BCUT2D eigenvalue weighted by Gasteiger charge is 2.51. The van der Waals surface area contributed by atoms with Crippen LogP contribution in [0.2, 0.25) is 0 Å². The lowest BCUT2D eigenvalue weighted by Gasteiger charge is -2.36. The number of para-hydroxylation sites is 1. The van der Waals surface area contributed by atoms with Gasteiger partial charge in [-0.3, -0.25) is 9.59 Å². The number of benzene rings is 3. The van der Waals surface area contributed by atoms with Crippen molar-refractivity contribution in [1.29, 1.82) is 0 Å². The molecule has 0 aliphatic carbocycles. The van der Waals surface area contributed by atoms with Crippen LogP contribution in [0.5, 0.6) is 0 Å². The van der Waals surface area contributed by atoms with Gasteiger partial charge in [0, 0.05) is 49.4 Å². The van der Waals surface area contributed by atoms with E-state index >= 15 is 0 Å². The van der Waals surface area contributed by atoms with Gasteiger partial charge in [-0.05, 0) is 47.9 Å².